The Kier molecular flexibility index (Phi) is 9.51. The minimum Gasteiger partial charge on any atom is -0.378 e. The highest BCUT2D eigenvalue weighted by atomic mass is 35.5. The van der Waals surface area contributed by atoms with Gasteiger partial charge in [-0.25, -0.2) is 8.78 Å². The third-order valence-corrected chi connectivity index (χ3v) is 6.55. The van der Waals surface area contributed by atoms with Gasteiger partial charge >= 0.3 is 0 Å². The van der Waals surface area contributed by atoms with E-state index in [1.54, 1.807) is 6.07 Å². The highest BCUT2D eigenvalue weighted by Crippen LogP contribution is 2.49. The van der Waals surface area contributed by atoms with Gasteiger partial charge in [0.1, 0.15) is 5.54 Å². The molecule has 0 aromatic heterocycles. The van der Waals surface area contributed by atoms with E-state index < -0.39 is 22.6 Å². The molecule has 2 atom stereocenters. The Hall–Kier alpha value is -0.990. The van der Waals surface area contributed by atoms with Crippen LogP contribution in [0.15, 0.2) is 18.2 Å². The number of nitrogens with two attached hydrogens (primary N) is 1. The molecule has 1 aromatic rings. The Bertz CT molecular complexity index is 730. The summed E-state index contributed by atoms with van der Waals surface area (Å²) in [6.45, 7) is 8.67. The molecule has 2 aliphatic rings. The van der Waals surface area contributed by atoms with Crippen molar-refractivity contribution in [2.75, 3.05) is 19.7 Å². The number of rotatable bonds is 6. The van der Waals surface area contributed by atoms with Crippen LogP contribution >= 0.6 is 24.8 Å². The number of carbonyl (C=O) groups excluding carboxylic acids is 1. The van der Waals surface area contributed by atoms with E-state index in [2.05, 4.69) is 10.2 Å². The molecule has 1 heterocycles. The second-order valence-corrected chi connectivity index (χ2v) is 8.61. The van der Waals surface area contributed by atoms with E-state index in [0.717, 1.165) is 37.6 Å². The Morgan fingerprint density at radius 3 is 2.40 bits per heavy atom. The lowest BCUT2D eigenvalue weighted by Gasteiger charge is -2.57. The monoisotopic (exact) mass is 467 g/mol. The van der Waals surface area contributed by atoms with E-state index in [9.17, 15) is 13.6 Å². The van der Waals surface area contributed by atoms with Crippen LogP contribution in [0.2, 0.25) is 0 Å². The average Bonchev–Trinajstić information content (AvgIpc) is 2.66. The molecule has 1 aliphatic heterocycles. The smallest absolute Gasteiger partial charge is 0.241 e. The highest BCUT2D eigenvalue weighted by Gasteiger charge is 2.63. The van der Waals surface area contributed by atoms with Crippen molar-refractivity contribution < 1.29 is 18.3 Å². The van der Waals surface area contributed by atoms with Crippen molar-refractivity contribution in [3.05, 3.63) is 35.4 Å². The molecule has 1 saturated carbocycles. The number of nitrogens with one attached hydrogen (secondary N) is 1. The summed E-state index contributed by atoms with van der Waals surface area (Å²) in [6, 6.07) is 4.09. The molecule has 0 bridgehead atoms. The topological polar surface area (TPSA) is 67.6 Å². The molecule has 1 amide bonds. The first-order valence-corrected chi connectivity index (χ1v) is 10.0. The van der Waals surface area contributed by atoms with Crippen LogP contribution in [0.5, 0.6) is 0 Å². The second-order valence-electron chi connectivity index (χ2n) is 8.61. The average molecular weight is 468 g/mol. The van der Waals surface area contributed by atoms with Crippen LogP contribution in [-0.4, -0.2) is 48.2 Å². The largest absolute Gasteiger partial charge is 0.378 e. The fourth-order valence-electron chi connectivity index (χ4n) is 4.27. The molecule has 3 N–H and O–H groups in total. The van der Waals surface area contributed by atoms with E-state index in [1.165, 1.54) is 6.07 Å². The van der Waals surface area contributed by atoms with Gasteiger partial charge in [-0.05, 0) is 37.5 Å². The summed E-state index contributed by atoms with van der Waals surface area (Å²) < 4.78 is 32.1. The van der Waals surface area contributed by atoms with Gasteiger partial charge in [0, 0.05) is 44.1 Å². The summed E-state index contributed by atoms with van der Waals surface area (Å²) in [5.41, 5.74) is 5.89. The molecule has 0 radical (unpaired) electrons. The first-order valence-electron chi connectivity index (χ1n) is 10.0. The number of piperidine rings is 1. The van der Waals surface area contributed by atoms with Crippen LogP contribution < -0.4 is 11.1 Å². The Morgan fingerprint density at radius 1 is 1.23 bits per heavy atom. The number of carbonyl (C=O) groups is 1. The Morgan fingerprint density at radius 2 is 1.87 bits per heavy atom. The van der Waals surface area contributed by atoms with E-state index in [0.29, 0.717) is 19.6 Å². The van der Waals surface area contributed by atoms with Crippen molar-refractivity contribution in [2.24, 2.45) is 11.1 Å². The Labute approximate surface area is 189 Å². The molecule has 3 rings (SSSR count). The van der Waals surface area contributed by atoms with Crippen LogP contribution in [0.4, 0.5) is 8.78 Å². The normalized spacial score (nSPS) is 26.1. The molecular formula is C21H33Cl2F2N3O2. The van der Waals surface area contributed by atoms with Crippen LogP contribution in [0.25, 0.3) is 0 Å². The van der Waals surface area contributed by atoms with Crippen molar-refractivity contribution in [3.8, 4) is 0 Å². The predicted molar refractivity (Wildman–Crippen MR) is 118 cm³/mol. The van der Waals surface area contributed by atoms with Crippen molar-refractivity contribution >= 4 is 30.7 Å². The number of hydrogen-bond acceptors (Lipinski definition) is 4. The first kappa shape index (κ1) is 27.0. The number of amides is 1. The van der Waals surface area contributed by atoms with Gasteiger partial charge in [0.2, 0.25) is 5.91 Å². The zero-order chi connectivity index (χ0) is 20.5. The minimum absolute atomic E-state index is 0. The minimum atomic E-state index is -0.907. The van der Waals surface area contributed by atoms with Gasteiger partial charge < -0.3 is 15.8 Å². The molecule has 2 fully saturated rings. The number of halogens is 4. The summed E-state index contributed by atoms with van der Waals surface area (Å²) in [5.74, 6) is -1.75. The van der Waals surface area contributed by atoms with Gasteiger partial charge in [0.05, 0.1) is 6.10 Å². The third kappa shape index (κ3) is 5.25. The van der Waals surface area contributed by atoms with Crippen LogP contribution in [0, 0.1) is 17.0 Å². The van der Waals surface area contributed by atoms with Gasteiger partial charge in [0.25, 0.3) is 0 Å². The number of hydrogen-bond donors (Lipinski definition) is 2. The molecule has 2 unspecified atom stereocenters. The quantitative estimate of drug-likeness (QED) is 0.672. The summed E-state index contributed by atoms with van der Waals surface area (Å²) in [6.07, 6.45) is 2.15. The van der Waals surface area contributed by atoms with Gasteiger partial charge in [-0.2, -0.15) is 0 Å². The number of nitrogens with zero attached hydrogens (tertiary/aromatic N) is 1. The van der Waals surface area contributed by atoms with E-state index in [1.807, 2.05) is 20.8 Å². The molecule has 1 aromatic carbocycles. The second kappa shape index (κ2) is 10.6. The maximum absolute atomic E-state index is 13.4. The van der Waals surface area contributed by atoms with Crippen molar-refractivity contribution in [1.29, 1.82) is 0 Å². The third-order valence-electron chi connectivity index (χ3n) is 6.55. The summed E-state index contributed by atoms with van der Waals surface area (Å²) in [5, 5.41) is 3.12. The molecule has 1 aliphatic carbocycles. The lowest BCUT2D eigenvalue weighted by Crippen LogP contribution is -2.76. The van der Waals surface area contributed by atoms with Crippen molar-refractivity contribution in [1.82, 2.24) is 10.2 Å². The van der Waals surface area contributed by atoms with E-state index >= 15 is 0 Å². The zero-order valence-electron chi connectivity index (χ0n) is 17.7. The fourth-order valence-corrected chi connectivity index (χ4v) is 4.27. The van der Waals surface area contributed by atoms with Gasteiger partial charge in [-0.15, -0.1) is 24.8 Å². The van der Waals surface area contributed by atoms with Crippen LogP contribution in [0.1, 0.15) is 45.6 Å². The number of likely N-dealkylation sites (tertiary alicyclic amines) is 1. The highest BCUT2D eigenvalue weighted by molar-refractivity contribution is 5.89. The van der Waals surface area contributed by atoms with Crippen LogP contribution in [-0.2, 0) is 16.1 Å². The maximum Gasteiger partial charge on any atom is 0.241 e. The lowest BCUT2D eigenvalue weighted by atomic mass is 9.54. The van der Waals surface area contributed by atoms with E-state index in [-0.39, 0.29) is 42.9 Å². The number of ether oxygens (including phenoxy) is 1. The Balaban J connectivity index is 0.00000225. The zero-order valence-corrected chi connectivity index (χ0v) is 19.4. The van der Waals surface area contributed by atoms with Gasteiger partial charge in [-0.3, -0.25) is 9.69 Å². The van der Waals surface area contributed by atoms with Gasteiger partial charge in [-0.1, -0.05) is 19.9 Å². The maximum atomic E-state index is 13.4. The van der Waals surface area contributed by atoms with Crippen molar-refractivity contribution in [3.63, 3.8) is 0 Å². The van der Waals surface area contributed by atoms with Crippen LogP contribution in [0.3, 0.4) is 0 Å². The summed E-state index contributed by atoms with van der Waals surface area (Å²) in [4.78, 5) is 15.0. The standard InChI is InChI=1S/C21H31F2N3O2.2ClH/c1-4-28-18-12-21(24,20(18,2)3)19(27)25-15-7-9-26(10-8-15)13-14-5-6-16(22)17(23)11-14;;/h5-6,11,15,18H,4,7-10,12-13,24H2,1-3H3,(H,25,27);2*1H. The fraction of sp³-hybridized carbons (Fsp3) is 0.667. The number of benzene rings is 1. The molecule has 0 spiro atoms. The lowest BCUT2D eigenvalue weighted by molar-refractivity contribution is -0.171. The predicted octanol–water partition coefficient (Wildman–Crippen LogP) is 3.42. The molecule has 1 saturated heterocycles. The van der Waals surface area contributed by atoms with Crippen molar-refractivity contribution in [2.45, 2.75) is 64.3 Å². The molecule has 5 nitrogen and oxygen atoms in total. The van der Waals surface area contributed by atoms with E-state index in [4.69, 9.17) is 10.5 Å². The summed E-state index contributed by atoms with van der Waals surface area (Å²) >= 11 is 0. The molecular weight excluding hydrogens is 435 g/mol. The molecule has 172 valence electrons. The summed E-state index contributed by atoms with van der Waals surface area (Å²) in [7, 11) is 0. The molecule has 9 heteroatoms. The molecule has 30 heavy (non-hydrogen) atoms. The first-order chi connectivity index (χ1) is 13.2. The van der Waals surface area contributed by atoms with Gasteiger partial charge in [0.15, 0.2) is 11.6 Å². The SMILES string of the molecule is CCOC1CC(N)(C(=O)NC2CCN(Cc3ccc(F)c(F)c3)CC2)C1(C)C.Cl.Cl.